The number of hydrogen-bond donors (Lipinski definition) is 4. The van der Waals surface area contributed by atoms with Crippen LogP contribution in [-0.4, -0.2) is 59.8 Å². The Labute approximate surface area is 179 Å². The van der Waals surface area contributed by atoms with Gasteiger partial charge in [0, 0.05) is 49.4 Å². The highest BCUT2D eigenvalue weighted by Crippen LogP contribution is 2.22. The van der Waals surface area contributed by atoms with E-state index in [1.165, 1.54) is 18.3 Å². The van der Waals surface area contributed by atoms with Crippen LogP contribution in [-0.2, 0) is 11.3 Å². The van der Waals surface area contributed by atoms with Gasteiger partial charge in [0.2, 0.25) is 0 Å². The molecule has 1 atom stereocenters. The topological polar surface area (TPSA) is 144 Å². The van der Waals surface area contributed by atoms with Gasteiger partial charge in [-0.1, -0.05) is 12.1 Å². The molecule has 0 fully saturated rings. The van der Waals surface area contributed by atoms with Crippen LogP contribution in [0.2, 0.25) is 0 Å². The lowest BCUT2D eigenvalue weighted by Crippen LogP contribution is -2.35. The first-order valence-electron chi connectivity index (χ1n) is 9.61. The van der Waals surface area contributed by atoms with E-state index in [0.29, 0.717) is 29.0 Å². The Morgan fingerprint density at radius 2 is 2.23 bits per heavy atom. The second-order valence-electron chi connectivity index (χ2n) is 7.04. The van der Waals surface area contributed by atoms with Gasteiger partial charge in [-0.05, 0) is 29.3 Å². The summed E-state index contributed by atoms with van der Waals surface area (Å²) in [5.74, 6) is 5.48. The molecular formula is C22H25N7O2. The standard InChI is InChI=1S/C22H25N7O2/c1-26-9-17(8-23)16-7-18-19(11-28-21(18)27-10-16)20(24)13-29(25)12-14-4-3-5-15(6-14)22(30)31-2/h3-11,17,23-24H,12-13,25H2,1-2H3,(H,27,28). The van der Waals surface area contributed by atoms with E-state index in [0.717, 1.165) is 16.5 Å². The number of carbonyl (C=O) groups is 1. The molecule has 1 aromatic carbocycles. The number of hydrazine groups is 1. The number of carbonyl (C=O) groups excluding carboxylic acids is 1. The van der Waals surface area contributed by atoms with Crippen molar-refractivity contribution < 1.29 is 9.53 Å². The maximum atomic E-state index is 11.7. The molecule has 0 aliphatic rings. The highest BCUT2D eigenvalue weighted by atomic mass is 16.5. The average Bonchev–Trinajstić information content (AvgIpc) is 3.20. The minimum atomic E-state index is -0.406. The Kier molecular flexibility index (Phi) is 7.01. The number of nitrogens with one attached hydrogen (secondary N) is 3. The van der Waals surface area contributed by atoms with Crippen molar-refractivity contribution in [2.45, 2.75) is 12.5 Å². The summed E-state index contributed by atoms with van der Waals surface area (Å²) in [6.07, 6.45) is 6.42. The number of pyridine rings is 1. The number of nitrogens with zero attached hydrogens (tertiary/aromatic N) is 3. The van der Waals surface area contributed by atoms with Gasteiger partial charge in [0.1, 0.15) is 5.65 Å². The van der Waals surface area contributed by atoms with E-state index in [-0.39, 0.29) is 12.5 Å². The van der Waals surface area contributed by atoms with Crippen molar-refractivity contribution in [1.29, 1.82) is 10.8 Å². The quantitative estimate of drug-likeness (QED) is 0.182. The molecule has 3 rings (SSSR count). The zero-order chi connectivity index (χ0) is 22.4. The van der Waals surface area contributed by atoms with E-state index in [1.54, 1.807) is 43.9 Å². The van der Waals surface area contributed by atoms with Crippen LogP contribution in [0.1, 0.15) is 33.0 Å². The molecule has 9 heteroatoms. The number of hydrogen-bond acceptors (Lipinski definition) is 8. The van der Waals surface area contributed by atoms with Crippen molar-refractivity contribution in [3.8, 4) is 0 Å². The van der Waals surface area contributed by atoms with Crippen LogP contribution in [0.5, 0.6) is 0 Å². The lowest BCUT2D eigenvalue weighted by molar-refractivity contribution is 0.0600. The molecule has 160 valence electrons. The lowest BCUT2D eigenvalue weighted by atomic mass is 10.0. The number of esters is 1. The number of nitrogens with two attached hydrogens (primary N) is 1. The predicted octanol–water partition coefficient (Wildman–Crippen LogP) is 2.53. The second-order valence-corrected chi connectivity index (χ2v) is 7.04. The minimum Gasteiger partial charge on any atom is -0.465 e. The Balaban J connectivity index is 1.77. The minimum absolute atomic E-state index is 0.198. The summed E-state index contributed by atoms with van der Waals surface area (Å²) in [6.45, 7) is 0.561. The molecule has 0 aliphatic heterocycles. The third-order valence-corrected chi connectivity index (χ3v) is 4.85. The number of aromatic nitrogens is 2. The van der Waals surface area contributed by atoms with Crippen molar-refractivity contribution >= 4 is 35.1 Å². The number of ether oxygens (including phenoxy) is 1. The summed E-state index contributed by atoms with van der Waals surface area (Å²) in [5.41, 5.74) is 3.80. The first-order chi connectivity index (χ1) is 15.0. The number of H-pyrrole nitrogens is 1. The number of aromatic amines is 1. The molecule has 0 saturated carbocycles. The van der Waals surface area contributed by atoms with Crippen molar-refractivity contribution in [2.75, 3.05) is 20.7 Å². The van der Waals surface area contributed by atoms with Crippen molar-refractivity contribution in [2.24, 2.45) is 10.8 Å². The number of fused-ring (bicyclic) bond motifs is 1. The van der Waals surface area contributed by atoms with Gasteiger partial charge in [-0.3, -0.25) is 10.8 Å². The van der Waals surface area contributed by atoms with Gasteiger partial charge in [-0.2, -0.15) is 0 Å². The molecule has 2 heterocycles. The third-order valence-electron chi connectivity index (χ3n) is 4.85. The normalized spacial score (nSPS) is 12.4. The van der Waals surface area contributed by atoms with Gasteiger partial charge >= 0.3 is 5.97 Å². The largest absolute Gasteiger partial charge is 0.465 e. The van der Waals surface area contributed by atoms with Crippen molar-refractivity contribution in [3.05, 3.63) is 65.0 Å². The zero-order valence-electron chi connectivity index (χ0n) is 17.4. The number of rotatable bonds is 9. The Morgan fingerprint density at radius 1 is 1.42 bits per heavy atom. The van der Waals surface area contributed by atoms with Crippen molar-refractivity contribution in [1.82, 2.24) is 15.0 Å². The smallest absolute Gasteiger partial charge is 0.337 e. The van der Waals surface area contributed by atoms with E-state index in [2.05, 4.69) is 15.0 Å². The highest BCUT2D eigenvalue weighted by molar-refractivity contribution is 6.09. The number of benzene rings is 1. The summed E-state index contributed by atoms with van der Waals surface area (Å²) in [6, 6.07) is 8.96. The Morgan fingerprint density at radius 3 is 2.94 bits per heavy atom. The van der Waals surface area contributed by atoms with Gasteiger partial charge in [0.05, 0.1) is 30.8 Å². The van der Waals surface area contributed by atoms with Gasteiger partial charge < -0.3 is 20.5 Å². The van der Waals surface area contributed by atoms with E-state index in [9.17, 15) is 4.79 Å². The van der Waals surface area contributed by atoms with Gasteiger partial charge in [-0.15, -0.1) is 0 Å². The van der Waals surface area contributed by atoms with E-state index < -0.39 is 5.97 Å². The summed E-state index contributed by atoms with van der Waals surface area (Å²) >= 11 is 0. The molecule has 5 N–H and O–H groups in total. The van der Waals surface area contributed by atoms with Crippen LogP contribution in [0.15, 0.2) is 47.7 Å². The maximum Gasteiger partial charge on any atom is 0.337 e. The number of methoxy groups -OCH3 is 1. The highest BCUT2D eigenvalue weighted by Gasteiger charge is 2.15. The molecule has 0 saturated heterocycles. The maximum absolute atomic E-state index is 11.7. The summed E-state index contributed by atoms with van der Waals surface area (Å²) < 4.78 is 4.75. The van der Waals surface area contributed by atoms with Crippen LogP contribution < -0.4 is 5.84 Å². The first kappa shape index (κ1) is 22.0. The molecule has 3 aromatic rings. The van der Waals surface area contributed by atoms with Gasteiger partial charge in [0.25, 0.3) is 0 Å². The molecule has 0 radical (unpaired) electrons. The average molecular weight is 419 g/mol. The Bertz CT molecular complexity index is 1140. The van der Waals surface area contributed by atoms with Gasteiger partial charge in [-0.25, -0.2) is 14.8 Å². The Hall–Kier alpha value is -3.69. The van der Waals surface area contributed by atoms with E-state index in [1.807, 2.05) is 12.1 Å². The predicted molar refractivity (Wildman–Crippen MR) is 121 cm³/mol. The molecule has 2 aromatic heterocycles. The molecule has 0 amide bonds. The van der Waals surface area contributed by atoms with Crippen LogP contribution in [0.4, 0.5) is 0 Å². The zero-order valence-corrected chi connectivity index (χ0v) is 17.4. The molecular weight excluding hydrogens is 394 g/mol. The van der Waals surface area contributed by atoms with Crippen LogP contribution in [0, 0.1) is 10.8 Å². The lowest BCUT2D eigenvalue weighted by Gasteiger charge is -2.17. The van der Waals surface area contributed by atoms with E-state index in [4.69, 9.17) is 21.4 Å². The molecule has 1 unspecified atom stereocenters. The van der Waals surface area contributed by atoms with Crippen molar-refractivity contribution in [3.63, 3.8) is 0 Å². The third kappa shape index (κ3) is 5.08. The summed E-state index contributed by atoms with van der Waals surface area (Å²) in [5, 5.41) is 18.5. The van der Waals surface area contributed by atoms with E-state index >= 15 is 0 Å². The SMILES string of the molecule is CN=CC(C=N)c1cnc2[nH]cc(C(=N)CN(N)Cc3cccc(C(=O)OC)c3)c2c1. The van der Waals surface area contributed by atoms with Gasteiger partial charge in [0.15, 0.2) is 0 Å². The fourth-order valence-corrected chi connectivity index (χ4v) is 3.33. The fourth-order valence-electron chi connectivity index (χ4n) is 3.33. The molecule has 0 spiro atoms. The fraction of sp³-hybridized carbons (Fsp3) is 0.227. The first-order valence-corrected chi connectivity index (χ1v) is 9.61. The second kappa shape index (κ2) is 9.88. The molecule has 0 aliphatic carbocycles. The number of aliphatic imine (C=N–C) groups is 1. The monoisotopic (exact) mass is 419 g/mol. The van der Waals surface area contributed by atoms with Crippen LogP contribution in [0.3, 0.4) is 0 Å². The molecule has 0 bridgehead atoms. The summed E-state index contributed by atoms with van der Waals surface area (Å²) in [7, 11) is 3.00. The van der Waals surface area contributed by atoms with Crippen LogP contribution >= 0.6 is 0 Å². The van der Waals surface area contributed by atoms with Crippen LogP contribution in [0.25, 0.3) is 11.0 Å². The molecule has 9 nitrogen and oxygen atoms in total. The molecule has 31 heavy (non-hydrogen) atoms. The summed E-state index contributed by atoms with van der Waals surface area (Å²) in [4.78, 5) is 23.2.